The summed E-state index contributed by atoms with van der Waals surface area (Å²) in [4.78, 5) is 41.1. The van der Waals surface area contributed by atoms with Crippen molar-refractivity contribution in [1.29, 1.82) is 0 Å². The number of fused-ring (bicyclic) bond motifs is 1. The fraction of sp³-hybridized carbons (Fsp3) is 0.444. The number of carboxylic acids is 1. The van der Waals surface area contributed by atoms with Gasteiger partial charge in [0.25, 0.3) is 0 Å². The first-order valence-electron chi connectivity index (χ1n) is 11.5. The lowest BCUT2D eigenvalue weighted by molar-refractivity contribution is -0.154. The van der Waals surface area contributed by atoms with Crippen LogP contribution in [0.2, 0.25) is 0 Å². The average molecular weight is 449 g/mol. The largest absolute Gasteiger partial charge is 0.480 e. The lowest BCUT2D eigenvalue weighted by atomic mass is 9.75. The summed E-state index contributed by atoms with van der Waals surface area (Å²) < 4.78 is 0. The van der Waals surface area contributed by atoms with E-state index in [1.165, 1.54) is 4.90 Å². The van der Waals surface area contributed by atoms with Crippen molar-refractivity contribution in [2.75, 3.05) is 0 Å². The summed E-state index contributed by atoms with van der Waals surface area (Å²) in [5, 5.41) is 13.6. The Morgan fingerprint density at radius 2 is 1.58 bits per heavy atom. The molecule has 2 amide bonds. The maximum absolute atomic E-state index is 13.6. The van der Waals surface area contributed by atoms with Crippen LogP contribution in [0.3, 0.4) is 0 Å². The van der Waals surface area contributed by atoms with E-state index < -0.39 is 40.8 Å². The molecule has 0 spiro atoms. The molecule has 2 aliphatic heterocycles. The van der Waals surface area contributed by atoms with Gasteiger partial charge in [-0.3, -0.25) is 24.6 Å². The van der Waals surface area contributed by atoms with Gasteiger partial charge in [0.15, 0.2) is 0 Å². The quantitative estimate of drug-likeness (QED) is 0.667. The van der Waals surface area contributed by atoms with Gasteiger partial charge in [-0.15, -0.1) is 0 Å². The van der Waals surface area contributed by atoms with Crippen molar-refractivity contribution >= 4 is 17.8 Å². The van der Waals surface area contributed by atoms with Gasteiger partial charge in [-0.1, -0.05) is 68.4 Å². The van der Waals surface area contributed by atoms with Gasteiger partial charge in [0.1, 0.15) is 5.54 Å². The number of rotatable bonds is 5. The number of carbonyl (C=O) groups excluding carboxylic acids is 2. The Balaban J connectivity index is 1.80. The average Bonchev–Trinajstić information content (AvgIpc) is 3.22. The van der Waals surface area contributed by atoms with E-state index in [0.29, 0.717) is 0 Å². The third kappa shape index (κ3) is 3.76. The second kappa shape index (κ2) is 8.10. The predicted octanol–water partition coefficient (Wildman–Crippen LogP) is 4.27. The number of likely N-dealkylation sites (tertiary alicyclic amines) is 1. The minimum absolute atomic E-state index is 0.0278. The fourth-order valence-corrected chi connectivity index (χ4v) is 5.58. The number of carbonyl (C=O) groups is 3. The van der Waals surface area contributed by atoms with Gasteiger partial charge in [-0.05, 0) is 49.8 Å². The SMILES string of the molecule is CC(C)CC1(C(=O)O)NC(c2ccc(-c3ccccc3)cc2)C2C(=O)N(C(C)(C)C)C(=O)C21. The molecule has 0 aliphatic carbocycles. The molecule has 6 nitrogen and oxygen atoms in total. The molecule has 2 N–H and O–H groups in total. The summed E-state index contributed by atoms with van der Waals surface area (Å²) in [6, 6.07) is 17.2. The Bertz CT molecular complexity index is 1070. The lowest BCUT2D eigenvalue weighted by Crippen LogP contribution is -2.58. The van der Waals surface area contributed by atoms with Crippen LogP contribution in [0.4, 0.5) is 0 Å². The zero-order valence-corrected chi connectivity index (χ0v) is 19.8. The van der Waals surface area contributed by atoms with Gasteiger partial charge >= 0.3 is 5.97 Å². The smallest absolute Gasteiger partial charge is 0.324 e. The number of amides is 2. The van der Waals surface area contributed by atoms with Crippen molar-refractivity contribution in [1.82, 2.24) is 10.2 Å². The van der Waals surface area contributed by atoms with Crippen LogP contribution in [0.1, 0.15) is 52.6 Å². The van der Waals surface area contributed by atoms with E-state index in [4.69, 9.17) is 0 Å². The molecule has 0 radical (unpaired) electrons. The van der Waals surface area contributed by atoms with Crippen LogP contribution >= 0.6 is 0 Å². The van der Waals surface area contributed by atoms with Crippen molar-refractivity contribution in [3.63, 3.8) is 0 Å². The number of aliphatic carboxylic acids is 1. The standard InChI is InChI=1S/C27H32N2O4/c1-16(2)15-27(25(32)33)21-20(23(30)29(24(21)31)26(3,4)5)22(28-27)19-13-11-18(12-14-19)17-9-7-6-8-10-17/h6-14,16,20-22,28H,15H2,1-5H3,(H,32,33). The Hall–Kier alpha value is -2.99. The molecule has 4 unspecified atom stereocenters. The van der Waals surface area contributed by atoms with Gasteiger partial charge in [0, 0.05) is 11.6 Å². The summed E-state index contributed by atoms with van der Waals surface area (Å²) in [5.74, 6) is -3.44. The van der Waals surface area contributed by atoms with E-state index in [9.17, 15) is 19.5 Å². The van der Waals surface area contributed by atoms with Gasteiger partial charge in [0.05, 0.1) is 11.8 Å². The van der Waals surface area contributed by atoms with E-state index in [1.54, 1.807) is 0 Å². The van der Waals surface area contributed by atoms with Crippen LogP contribution in [-0.4, -0.2) is 38.9 Å². The molecule has 2 heterocycles. The van der Waals surface area contributed by atoms with Crippen molar-refractivity contribution in [2.45, 2.75) is 58.2 Å². The second-order valence-electron chi connectivity index (χ2n) is 10.7. The number of nitrogens with zero attached hydrogens (tertiary/aromatic N) is 1. The summed E-state index contributed by atoms with van der Waals surface area (Å²) in [6.07, 6.45) is 0.263. The van der Waals surface area contributed by atoms with E-state index >= 15 is 0 Å². The molecular formula is C27H32N2O4. The number of imide groups is 1. The molecule has 6 heteroatoms. The van der Waals surface area contributed by atoms with E-state index in [2.05, 4.69) is 5.32 Å². The molecular weight excluding hydrogens is 416 g/mol. The van der Waals surface area contributed by atoms with E-state index in [0.717, 1.165) is 16.7 Å². The molecule has 2 aliphatic rings. The minimum Gasteiger partial charge on any atom is -0.480 e. The van der Waals surface area contributed by atoms with Gasteiger partial charge < -0.3 is 5.11 Å². The number of carboxylic acid groups (broad SMARTS) is 1. The number of benzene rings is 2. The van der Waals surface area contributed by atoms with Crippen LogP contribution in [0.15, 0.2) is 54.6 Å². The molecule has 2 aromatic rings. The van der Waals surface area contributed by atoms with Crippen molar-refractivity contribution < 1.29 is 19.5 Å². The third-order valence-electron chi connectivity index (χ3n) is 6.81. The first-order valence-corrected chi connectivity index (χ1v) is 11.5. The molecule has 4 atom stereocenters. The maximum Gasteiger partial charge on any atom is 0.324 e. The molecule has 0 aromatic heterocycles. The highest BCUT2D eigenvalue weighted by atomic mass is 16.4. The highest BCUT2D eigenvalue weighted by molar-refractivity contribution is 6.10. The minimum atomic E-state index is -1.49. The van der Waals surface area contributed by atoms with E-state index in [-0.39, 0.29) is 18.2 Å². The second-order valence-corrected chi connectivity index (χ2v) is 10.7. The first-order chi connectivity index (χ1) is 15.5. The molecule has 2 aromatic carbocycles. The molecule has 174 valence electrons. The Morgan fingerprint density at radius 1 is 1.00 bits per heavy atom. The molecule has 0 saturated carbocycles. The number of nitrogens with one attached hydrogen (secondary N) is 1. The summed E-state index contributed by atoms with van der Waals surface area (Å²) in [5.41, 5.74) is 0.711. The fourth-order valence-electron chi connectivity index (χ4n) is 5.58. The molecule has 4 rings (SSSR count). The van der Waals surface area contributed by atoms with Gasteiger partial charge in [-0.25, -0.2) is 0 Å². The number of hydrogen-bond acceptors (Lipinski definition) is 4. The topological polar surface area (TPSA) is 86.7 Å². The number of hydrogen-bond donors (Lipinski definition) is 2. The zero-order valence-electron chi connectivity index (χ0n) is 19.8. The van der Waals surface area contributed by atoms with Crippen molar-refractivity contribution in [2.24, 2.45) is 17.8 Å². The monoisotopic (exact) mass is 448 g/mol. The maximum atomic E-state index is 13.6. The summed E-state index contributed by atoms with van der Waals surface area (Å²) in [7, 11) is 0. The third-order valence-corrected chi connectivity index (χ3v) is 6.81. The Morgan fingerprint density at radius 3 is 2.09 bits per heavy atom. The lowest BCUT2D eigenvalue weighted by Gasteiger charge is -2.36. The highest BCUT2D eigenvalue weighted by Crippen LogP contribution is 2.52. The zero-order chi connectivity index (χ0) is 24.1. The summed E-state index contributed by atoms with van der Waals surface area (Å²) in [6.45, 7) is 9.31. The van der Waals surface area contributed by atoms with Crippen LogP contribution in [0, 0.1) is 17.8 Å². The van der Waals surface area contributed by atoms with Gasteiger partial charge in [0.2, 0.25) is 11.8 Å². The van der Waals surface area contributed by atoms with Crippen LogP contribution in [0.5, 0.6) is 0 Å². The predicted molar refractivity (Wildman–Crippen MR) is 126 cm³/mol. The molecule has 33 heavy (non-hydrogen) atoms. The van der Waals surface area contributed by atoms with Crippen LogP contribution in [0.25, 0.3) is 11.1 Å². The highest BCUT2D eigenvalue weighted by Gasteiger charge is 2.69. The van der Waals surface area contributed by atoms with Crippen molar-refractivity contribution in [3.05, 3.63) is 60.2 Å². The summed E-state index contributed by atoms with van der Waals surface area (Å²) >= 11 is 0. The first kappa shape index (κ1) is 23.2. The molecule has 0 bridgehead atoms. The molecule has 2 fully saturated rings. The van der Waals surface area contributed by atoms with E-state index in [1.807, 2.05) is 89.2 Å². The van der Waals surface area contributed by atoms with Crippen LogP contribution in [-0.2, 0) is 14.4 Å². The van der Waals surface area contributed by atoms with Gasteiger partial charge in [-0.2, -0.15) is 0 Å². The normalized spacial score (nSPS) is 27.3. The van der Waals surface area contributed by atoms with Crippen molar-refractivity contribution in [3.8, 4) is 11.1 Å². The Labute approximate surface area is 195 Å². The Kier molecular flexibility index (Phi) is 5.69. The molecule has 2 saturated heterocycles. The van der Waals surface area contributed by atoms with Crippen LogP contribution < -0.4 is 5.32 Å².